The lowest BCUT2D eigenvalue weighted by atomic mass is 9.77. The molecule has 5 heteroatoms. The third kappa shape index (κ3) is 3.24. The number of hydrogen-bond acceptors (Lipinski definition) is 3. The van der Waals surface area contributed by atoms with Gasteiger partial charge < -0.3 is 16.2 Å². The zero-order chi connectivity index (χ0) is 14.6. The van der Waals surface area contributed by atoms with Crippen LogP contribution in [0.25, 0.3) is 6.08 Å². The van der Waals surface area contributed by atoms with Crippen LogP contribution in [0.5, 0.6) is 0 Å². The van der Waals surface area contributed by atoms with E-state index >= 15 is 0 Å². The molecule has 0 bridgehead atoms. The van der Waals surface area contributed by atoms with Gasteiger partial charge in [-0.25, -0.2) is 0 Å². The summed E-state index contributed by atoms with van der Waals surface area (Å²) in [6.07, 6.45) is 5.74. The number of aliphatic hydroxyl groups excluding tert-OH is 1. The van der Waals surface area contributed by atoms with Crippen LogP contribution >= 0.6 is 0 Å². The Kier molecular flexibility index (Phi) is 4.20. The summed E-state index contributed by atoms with van der Waals surface area (Å²) in [5.41, 5.74) is 5.95. The van der Waals surface area contributed by atoms with Crippen molar-refractivity contribution in [3.63, 3.8) is 0 Å². The molecule has 1 aliphatic rings. The second-order valence-electron chi connectivity index (χ2n) is 5.10. The maximum Gasteiger partial charge on any atom is 0.248 e. The maximum absolute atomic E-state index is 11.8. The average molecular weight is 274 g/mol. The number of amides is 2. The van der Waals surface area contributed by atoms with Crippen molar-refractivity contribution in [2.75, 3.05) is 6.61 Å². The van der Waals surface area contributed by atoms with E-state index in [9.17, 15) is 14.7 Å². The lowest BCUT2D eigenvalue weighted by molar-refractivity contribution is -0.120. The summed E-state index contributed by atoms with van der Waals surface area (Å²) >= 11 is 0. The van der Waals surface area contributed by atoms with E-state index in [1.54, 1.807) is 30.3 Å². The molecule has 0 spiro atoms. The molecule has 1 saturated carbocycles. The zero-order valence-corrected chi connectivity index (χ0v) is 11.1. The highest BCUT2D eigenvalue weighted by atomic mass is 16.3. The first kappa shape index (κ1) is 14.3. The number of nitrogens with two attached hydrogens (primary N) is 1. The van der Waals surface area contributed by atoms with Gasteiger partial charge in [-0.05, 0) is 43.0 Å². The van der Waals surface area contributed by atoms with E-state index in [1.807, 2.05) is 0 Å². The number of rotatable bonds is 5. The molecule has 2 amide bonds. The summed E-state index contributed by atoms with van der Waals surface area (Å²) in [6.45, 7) is -0.0279. The number of primary amides is 1. The van der Waals surface area contributed by atoms with Crippen molar-refractivity contribution in [2.45, 2.75) is 24.8 Å². The fraction of sp³-hybridized carbons (Fsp3) is 0.333. The van der Waals surface area contributed by atoms with Gasteiger partial charge in [-0.15, -0.1) is 0 Å². The molecular weight excluding hydrogens is 256 g/mol. The van der Waals surface area contributed by atoms with Crippen molar-refractivity contribution >= 4 is 17.9 Å². The monoisotopic (exact) mass is 274 g/mol. The van der Waals surface area contributed by atoms with Gasteiger partial charge in [-0.3, -0.25) is 9.59 Å². The second-order valence-corrected chi connectivity index (χ2v) is 5.10. The standard InChI is InChI=1S/C15H18N2O3/c16-14(20)12-5-2-11(3-6-12)4-7-13(19)17-15(10-18)8-1-9-15/h2-7,18H,1,8-10H2,(H2,16,20)(H,17,19)/b7-4+. The van der Waals surface area contributed by atoms with Gasteiger partial charge in [0.1, 0.15) is 0 Å². The van der Waals surface area contributed by atoms with Crippen molar-refractivity contribution in [1.29, 1.82) is 0 Å². The highest BCUT2D eigenvalue weighted by Gasteiger charge is 2.37. The average Bonchev–Trinajstić information content (AvgIpc) is 2.41. The van der Waals surface area contributed by atoms with Crippen LogP contribution in [-0.4, -0.2) is 29.1 Å². The van der Waals surface area contributed by atoms with Crippen LogP contribution in [0.3, 0.4) is 0 Å². The van der Waals surface area contributed by atoms with Crippen molar-refractivity contribution in [2.24, 2.45) is 5.73 Å². The van der Waals surface area contributed by atoms with Crippen LogP contribution < -0.4 is 11.1 Å². The van der Waals surface area contributed by atoms with Crippen LogP contribution in [0.1, 0.15) is 35.2 Å². The number of carbonyl (C=O) groups is 2. The molecule has 20 heavy (non-hydrogen) atoms. The molecule has 0 heterocycles. The van der Waals surface area contributed by atoms with E-state index in [4.69, 9.17) is 5.73 Å². The molecule has 0 saturated heterocycles. The first-order chi connectivity index (χ1) is 9.54. The van der Waals surface area contributed by atoms with Crippen LogP contribution in [0.4, 0.5) is 0 Å². The summed E-state index contributed by atoms with van der Waals surface area (Å²) < 4.78 is 0. The zero-order valence-electron chi connectivity index (χ0n) is 11.1. The molecule has 1 aromatic carbocycles. The molecule has 0 aliphatic heterocycles. The van der Waals surface area contributed by atoms with Gasteiger partial charge in [-0.1, -0.05) is 12.1 Å². The largest absolute Gasteiger partial charge is 0.394 e. The lowest BCUT2D eigenvalue weighted by Crippen LogP contribution is -2.55. The molecule has 0 radical (unpaired) electrons. The van der Waals surface area contributed by atoms with Crippen LogP contribution in [-0.2, 0) is 4.79 Å². The van der Waals surface area contributed by atoms with E-state index in [0.29, 0.717) is 5.56 Å². The Bertz CT molecular complexity index is 525. The predicted molar refractivity (Wildman–Crippen MR) is 75.8 cm³/mol. The van der Waals surface area contributed by atoms with Crippen molar-refractivity contribution in [1.82, 2.24) is 5.32 Å². The van der Waals surface area contributed by atoms with Gasteiger partial charge in [0.05, 0.1) is 12.1 Å². The van der Waals surface area contributed by atoms with Crippen LogP contribution in [0.2, 0.25) is 0 Å². The van der Waals surface area contributed by atoms with Gasteiger partial charge in [-0.2, -0.15) is 0 Å². The molecule has 5 nitrogen and oxygen atoms in total. The van der Waals surface area contributed by atoms with E-state index in [0.717, 1.165) is 24.8 Å². The fourth-order valence-electron chi connectivity index (χ4n) is 2.16. The predicted octanol–water partition coefficient (Wildman–Crippen LogP) is 0.830. The smallest absolute Gasteiger partial charge is 0.248 e. The molecule has 2 rings (SSSR count). The molecular formula is C15H18N2O3. The van der Waals surface area contributed by atoms with Gasteiger partial charge in [0, 0.05) is 11.6 Å². The molecule has 1 fully saturated rings. The summed E-state index contributed by atoms with van der Waals surface area (Å²) in [7, 11) is 0. The second kappa shape index (κ2) is 5.88. The van der Waals surface area contributed by atoms with Gasteiger partial charge >= 0.3 is 0 Å². The number of benzene rings is 1. The molecule has 4 N–H and O–H groups in total. The Balaban J connectivity index is 1.95. The number of carbonyl (C=O) groups excluding carboxylic acids is 2. The van der Waals surface area contributed by atoms with Crippen molar-refractivity contribution in [3.8, 4) is 0 Å². The SMILES string of the molecule is NC(=O)c1ccc(/C=C/C(=O)NC2(CO)CCC2)cc1. The van der Waals surface area contributed by atoms with E-state index in [2.05, 4.69) is 5.32 Å². The maximum atomic E-state index is 11.8. The molecule has 106 valence electrons. The Labute approximate surface area is 117 Å². The highest BCUT2D eigenvalue weighted by Crippen LogP contribution is 2.31. The van der Waals surface area contributed by atoms with E-state index in [-0.39, 0.29) is 12.5 Å². The molecule has 1 aliphatic carbocycles. The normalized spacial score (nSPS) is 16.6. The number of aliphatic hydroxyl groups is 1. The Morgan fingerprint density at radius 2 is 1.95 bits per heavy atom. The Hall–Kier alpha value is -2.14. The van der Waals surface area contributed by atoms with Gasteiger partial charge in [0.25, 0.3) is 0 Å². The third-order valence-corrected chi connectivity index (χ3v) is 3.62. The Morgan fingerprint density at radius 3 is 2.40 bits per heavy atom. The fourth-order valence-corrected chi connectivity index (χ4v) is 2.16. The third-order valence-electron chi connectivity index (χ3n) is 3.62. The molecule has 0 atom stereocenters. The minimum atomic E-state index is -0.479. The van der Waals surface area contributed by atoms with Crippen molar-refractivity contribution in [3.05, 3.63) is 41.5 Å². The molecule has 0 aromatic heterocycles. The minimum absolute atomic E-state index is 0.0279. The first-order valence-electron chi connectivity index (χ1n) is 6.56. The van der Waals surface area contributed by atoms with E-state index in [1.165, 1.54) is 6.08 Å². The molecule has 0 unspecified atom stereocenters. The van der Waals surface area contributed by atoms with Crippen molar-refractivity contribution < 1.29 is 14.7 Å². The van der Waals surface area contributed by atoms with Crippen LogP contribution in [0.15, 0.2) is 30.3 Å². The number of hydrogen-bond donors (Lipinski definition) is 3. The van der Waals surface area contributed by atoms with Crippen LogP contribution in [0, 0.1) is 0 Å². The topological polar surface area (TPSA) is 92.4 Å². The minimum Gasteiger partial charge on any atom is -0.394 e. The summed E-state index contributed by atoms with van der Waals surface area (Å²) in [5, 5.41) is 12.1. The highest BCUT2D eigenvalue weighted by molar-refractivity contribution is 5.94. The van der Waals surface area contributed by atoms with E-state index < -0.39 is 11.4 Å². The lowest BCUT2D eigenvalue weighted by Gasteiger charge is -2.40. The summed E-state index contributed by atoms with van der Waals surface area (Å²) in [5.74, 6) is -0.703. The summed E-state index contributed by atoms with van der Waals surface area (Å²) in [4.78, 5) is 22.7. The first-order valence-corrected chi connectivity index (χ1v) is 6.56. The van der Waals surface area contributed by atoms with Gasteiger partial charge in [0.2, 0.25) is 11.8 Å². The molecule has 1 aromatic rings. The number of nitrogens with one attached hydrogen (secondary N) is 1. The summed E-state index contributed by atoms with van der Waals surface area (Å²) in [6, 6.07) is 6.66. The van der Waals surface area contributed by atoms with Gasteiger partial charge in [0.15, 0.2) is 0 Å². The Morgan fingerprint density at radius 1 is 1.30 bits per heavy atom. The quantitative estimate of drug-likeness (QED) is 0.694.